The predicted octanol–water partition coefficient (Wildman–Crippen LogP) is 1.50. The van der Waals surface area contributed by atoms with Gasteiger partial charge in [0, 0.05) is 22.6 Å². The highest BCUT2D eigenvalue weighted by Crippen LogP contribution is 2.47. The highest BCUT2D eigenvalue weighted by atomic mass is 35.5. The maximum absolute atomic E-state index is 13.7. The monoisotopic (exact) mass is 300 g/mol. The Kier molecular flexibility index (Phi) is 3.09. The van der Waals surface area contributed by atoms with Crippen molar-refractivity contribution >= 4 is 21.8 Å². The van der Waals surface area contributed by atoms with E-state index in [4.69, 9.17) is 11.6 Å². The average Bonchev–Trinajstić information content (AvgIpc) is 2.44. The van der Waals surface area contributed by atoms with Crippen LogP contribution >= 0.6 is 11.6 Å². The molecule has 0 saturated carbocycles. The van der Waals surface area contributed by atoms with Gasteiger partial charge in [-0.25, -0.2) is 18.3 Å². The molecule has 4 nitrogen and oxygen atoms in total. The number of benzene rings is 1. The molecule has 1 aliphatic rings. The van der Waals surface area contributed by atoms with Gasteiger partial charge in [-0.05, 0) is 12.1 Å². The van der Waals surface area contributed by atoms with Crippen molar-refractivity contribution in [3.8, 4) is 0 Å². The molecule has 1 atom stereocenters. The molecule has 0 heterocycles. The predicted molar refractivity (Wildman–Crippen MR) is 59.0 cm³/mol. The Morgan fingerprint density at radius 2 is 2.06 bits per heavy atom. The Hall–Kier alpha value is -0.830. The molecular weight excluding hydrogens is 293 g/mol. The van der Waals surface area contributed by atoms with E-state index in [0.717, 1.165) is 12.1 Å². The summed E-state index contributed by atoms with van der Waals surface area (Å²) < 4.78 is 64.1. The largest absolute Gasteiger partial charge is 0.275 e. The SMILES string of the molecule is NS(=O)(=O)N[C@H]1c2c(Cl)ccc(F)c2CC1(F)F. The van der Waals surface area contributed by atoms with Crippen LogP contribution in [0.4, 0.5) is 13.2 Å². The Morgan fingerprint density at radius 1 is 1.44 bits per heavy atom. The molecule has 0 amide bonds. The van der Waals surface area contributed by atoms with Crippen molar-refractivity contribution in [3.05, 3.63) is 34.1 Å². The summed E-state index contributed by atoms with van der Waals surface area (Å²) >= 11 is 5.72. The second kappa shape index (κ2) is 4.09. The summed E-state index contributed by atoms with van der Waals surface area (Å²) in [7, 11) is -4.36. The zero-order valence-corrected chi connectivity index (χ0v) is 10.3. The zero-order chi connectivity index (χ0) is 13.7. The molecule has 0 aliphatic heterocycles. The third-order valence-corrected chi connectivity index (χ3v) is 3.55. The van der Waals surface area contributed by atoms with Gasteiger partial charge in [-0.1, -0.05) is 11.6 Å². The average molecular weight is 301 g/mol. The minimum atomic E-state index is -4.36. The summed E-state index contributed by atoms with van der Waals surface area (Å²) in [6.45, 7) is 0. The molecule has 100 valence electrons. The summed E-state index contributed by atoms with van der Waals surface area (Å²) in [5.74, 6) is -4.34. The minimum absolute atomic E-state index is 0.135. The van der Waals surface area contributed by atoms with Gasteiger partial charge in [-0.15, -0.1) is 0 Å². The van der Waals surface area contributed by atoms with Crippen LogP contribution in [-0.4, -0.2) is 14.3 Å². The standard InChI is InChI=1S/C9H8ClF3N2O2S/c10-5-1-2-6(11)4-3-9(12,13)8(7(4)5)15-18(14,16)17/h1-2,8,15H,3H2,(H2,14,16,17)/t8-/m0/s1. The molecule has 1 aromatic rings. The minimum Gasteiger partial charge on any atom is -0.216 e. The maximum Gasteiger partial charge on any atom is 0.275 e. The highest BCUT2D eigenvalue weighted by molar-refractivity contribution is 7.87. The molecule has 0 radical (unpaired) electrons. The van der Waals surface area contributed by atoms with Crippen molar-refractivity contribution < 1.29 is 21.6 Å². The van der Waals surface area contributed by atoms with Gasteiger partial charge >= 0.3 is 0 Å². The quantitative estimate of drug-likeness (QED) is 0.869. The molecule has 0 saturated heterocycles. The lowest BCUT2D eigenvalue weighted by molar-refractivity contribution is -0.0190. The van der Waals surface area contributed by atoms with Crippen LogP contribution in [0.2, 0.25) is 5.02 Å². The van der Waals surface area contributed by atoms with E-state index in [2.05, 4.69) is 5.14 Å². The van der Waals surface area contributed by atoms with Crippen molar-refractivity contribution in [1.82, 2.24) is 4.72 Å². The van der Waals surface area contributed by atoms with Crippen LogP contribution in [0.15, 0.2) is 12.1 Å². The van der Waals surface area contributed by atoms with Gasteiger partial charge in [0.05, 0.1) is 0 Å². The molecule has 1 aliphatic carbocycles. The van der Waals surface area contributed by atoms with Crippen molar-refractivity contribution in [2.45, 2.75) is 18.4 Å². The molecule has 0 unspecified atom stereocenters. The molecule has 0 aromatic heterocycles. The molecule has 0 bridgehead atoms. The molecule has 0 fully saturated rings. The van der Waals surface area contributed by atoms with E-state index in [9.17, 15) is 21.6 Å². The summed E-state index contributed by atoms with van der Waals surface area (Å²) in [5, 5.41) is 4.54. The third-order valence-electron chi connectivity index (χ3n) is 2.65. The van der Waals surface area contributed by atoms with Crippen LogP contribution < -0.4 is 9.86 Å². The summed E-state index contributed by atoms with van der Waals surface area (Å²) in [5.41, 5.74) is -0.565. The number of rotatable bonds is 2. The fourth-order valence-electron chi connectivity index (χ4n) is 1.96. The summed E-state index contributed by atoms with van der Waals surface area (Å²) in [4.78, 5) is 0. The lowest BCUT2D eigenvalue weighted by Crippen LogP contribution is -2.41. The van der Waals surface area contributed by atoms with Gasteiger partial charge in [0.25, 0.3) is 16.1 Å². The van der Waals surface area contributed by atoms with E-state index in [-0.39, 0.29) is 16.1 Å². The molecule has 9 heteroatoms. The highest BCUT2D eigenvalue weighted by Gasteiger charge is 2.51. The van der Waals surface area contributed by atoms with E-state index in [0.29, 0.717) is 0 Å². The first-order chi connectivity index (χ1) is 8.12. The molecular formula is C9H8ClF3N2O2S. The van der Waals surface area contributed by atoms with E-state index in [1.165, 1.54) is 0 Å². The summed E-state index contributed by atoms with van der Waals surface area (Å²) in [6.07, 6.45) is -0.929. The molecule has 0 spiro atoms. The summed E-state index contributed by atoms with van der Waals surface area (Å²) in [6, 6.07) is 0.0941. The number of halogens is 4. The fourth-order valence-corrected chi connectivity index (χ4v) is 2.86. The van der Waals surface area contributed by atoms with Crippen molar-refractivity contribution in [2.75, 3.05) is 0 Å². The Morgan fingerprint density at radius 3 is 2.61 bits per heavy atom. The first kappa shape index (κ1) is 13.6. The number of fused-ring (bicyclic) bond motifs is 1. The molecule has 1 aromatic carbocycles. The van der Waals surface area contributed by atoms with Crippen molar-refractivity contribution in [2.24, 2.45) is 5.14 Å². The van der Waals surface area contributed by atoms with Crippen LogP contribution in [-0.2, 0) is 16.6 Å². The van der Waals surface area contributed by atoms with E-state index in [1.54, 1.807) is 4.72 Å². The van der Waals surface area contributed by atoms with Gasteiger partial charge in [0.1, 0.15) is 11.9 Å². The lowest BCUT2D eigenvalue weighted by Gasteiger charge is -2.20. The van der Waals surface area contributed by atoms with E-state index >= 15 is 0 Å². The van der Waals surface area contributed by atoms with Crippen molar-refractivity contribution in [3.63, 3.8) is 0 Å². The first-order valence-electron chi connectivity index (χ1n) is 4.76. The second-order valence-electron chi connectivity index (χ2n) is 3.96. The van der Waals surface area contributed by atoms with Crippen LogP contribution in [0.1, 0.15) is 17.2 Å². The molecule has 3 N–H and O–H groups in total. The van der Waals surface area contributed by atoms with Gasteiger partial charge in [0.15, 0.2) is 0 Å². The molecule has 2 rings (SSSR count). The fraction of sp³-hybridized carbons (Fsp3) is 0.333. The lowest BCUT2D eigenvalue weighted by atomic mass is 10.1. The number of hydrogen-bond acceptors (Lipinski definition) is 2. The maximum atomic E-state index is 13.7. The van der Waals surface area contributed by atoms with E-state index in [1.807, 2.05) is 0 Å². The Balaban J connectivity index is 2.58. The van der Waals surface area contributed by atoms with Crippen LogP contribution in [0.25, 0.3) is 0 Å². The zero-order valence-electron chi connectivity index (χ0n) is 8.75. The second-order valence-corrected chi connectivity index (χ2v) is 5.69. The number of nitrogens with one attached hydrogen (secondary N) is 1. The number of nitrogens with two attached hydrogens (primary N) is 1. The van der Waals surface area contributed by atoms with E-state index < -0.39 is 34.4 Å². The van der Waals surface area contributed by atoms with Crippen LogP contribution in [0.3, 0.4) is 0 Å². The smallest absolute Gasteiger partial charge is 0.216 e. The van der Waals surface area contributed by atoms with Gasteiger partial charge in [-0.2, -0.15) is 13.1 Å². The first-order valence-corrected chi connectivity index (χ1v) is 6.69. The van der Waals surface area contributed by atoms with Crippen molar-refractivity contribution in [1.29, 1.82) is 0 Å². The van der Waals surface area contributed by atoms with Crippen LogP contribution in [0.5, 0.6) is 0 Å². The number of alkyl halides is 2. The van der Waals surface area contributed by atoms with Gasteiger partial charge in [0.2, 0.25) is 0 Å². The normalized spacial score (nSPS) is 21.9. The van der Waals surface area contributed by atoms with Gasteiger partial charge in [-0.3, -0.25) is 0 Å². The van der Waals surface area contributed by atoms with Crippen LogP contribution in [0, 0.1) is 5.82 Å². The van der Waals surface area contributed by atoms with Gasteiger partial charge < -0.3 is 0 Å². The molecule has 18 heavy (non-hydrogen) atoms. The third kappa shape index (κ3) is 2.33. The topological polar surface area (TPSA) is 72.2 Å². The number of hydrogen-bond donors (Lipinski definition) is 2. The Bertz CT molecular complexity index is 606. The Labute approximate surface area is 106 Å².